The third-order valence-electron chi connectivity index (χ3n) is 4.76. The van der Waals surface area contributed by atoms with Crippen LogP contribution in [0.3, 0.4) is 0 Å². The van der Waals surface area contributed by atoms with Crippen LogP contribution in [-0.2, 0) is 25.7 Å². The molecule has 1 fully saturated rings. The van der Waals surface area contributed by atoms with Gasteiger partial charge in [-0.1, -0.05) is 49.6 Å². The van der Waals surface area contributed by atoms with Gasteiger partial charge in [-0.25, -0.2) is 9.59 Å². The van der Waals surface area contributed by atoms with Crippen LogP contribution in [0.15, 0.2) is 30.3 Å². The van der Waals surface area contributed by atoms with Crippen molar-refractivity contribution in [3.05, 3.63) is 35.9 Å². The lowest BCUT2D eigenvalue weighted by Crippen LogP contribution is -2.54. The first-order valence-corrected chi connectivity index (χ1v) is 9.97. The summed E-state index contributed by atoms with van der Waals surface area (Å²) in [6.45, 7) is 4.24. The van der Waals surface area contributed by atoms with Crippen LogP contribution in [-0.4, -0.2) is 48.1 Å². The van der Waals surface area contributed by atoms with E-state index < -0.39 is 18.2 Å². The molecule has 1 aliphatic heterocycles. The van der Waals surface area contributed by atoms with Gasteiger partial charge in [-0.3, -0.25) is 4.79 Å². The maximum Gasteiger partial charge on any atom is 0.408 e. The number of ether oxygens (including phenoxy) is 2. The number of hydrogen-bond donors (Lipinski definition) is 1. The Balaban J connectivity index is 1.95. The Morgan fingerprint density at radius 2 is 1.82 bits per heavy atom. The van der Waals surface area contributed by atoms with Gasteiger partial charge in [0.05, 0.1) is 6.61 Å². The smallest absolute Gasteiger partial charge is 0.408 e. The first-order chi connectivity index (χ1) is 13.5. The van der Waals surface area contributed by atoms with Gasteiger partial charge in [-0.15, -0.1) is 0 Å². The second-order valence-corrected chi connectivity index (χ2v) is 6.93. The van der Waals surface area contributed by atoms with Gasteiger partial charge in [0.25, 0.3) is 0 Å². The zero-order valence-electron chi connectivity index (χ0n) is 16.7. The van der Waals surface area contributed by atoms with E-state index >= 15 is 0 Å². The Morgan fingerprint density at radius 1 is 1.11 bits per heavy atom. The number of nitrogens with one attached hydrogen (secondary N) is 1. The van der Waals surface area contributed by atoms with Gasteiger partial charge in [0.2, 0.25) is 5.91 Å². The van der Waals surface area contributed by atoms with E-state index in [0.29, 0.717) is 13.0 Å². The van der Waals surface area contributed by atoms with E-state index in [2.05, 4.69) is 5.32 Å². The maximum absolute atomic E-state index is 12.9. The zero-order valence-corrected chi connectivity index (χ0v) is 16.7. The molecule has 7 heteroatoms. The molecule has 0 bridgehead atoms. The summed E-state index contributed by atoms with van der Waals surface area (Å²) in [7, 11) is 0. The maximum atomic E-state index is 12.9. The van der Waals surface area contributed by atoms with Crippen molar-refractivity contribution >= 4 is 18.0 Å². The largest absolute Gasteiger partial charge is 0.464 e. The average molecular weight is 390 g/mol. The van der Waals surface area contributed by atoms with Crippen LogP contribution in [0.5, 0.6) is 0 Å². The van der Waals surface area contributed by atoms with Crippen LogP contribution in [0.25, 0.3) is 0 Å². The van der Waals surface area contributed by atoms with E-state index in [-0.39, 0.29) is 25.1 Å². The molecule has 2 rings (SSSR count). The first-order valence-electron chi connectivity index (χ1n) is 9.97. The van der Waals surface area contributed by atoms with E-state index in [1.54, 1.807) is 18.7 Å². The van der Waals surface area contributed by atoms with Gasteiger partial charge in [0.15, 0.2) is 0 Å². The van der Waals surface area contributed by atoms with E-state index in [4.69, 9.17) is 9.47 Å². The molecule has 1 aromatic rings. The van der Waals surface area contributed by atoms with Gasteiger partial charge >= 0.3 is 12.1 Å². The van der Waals surface area contributed by atoms with Gasteiger partial charge in [0.1, 0.15) is 18.7 Å². The van der Waals surface area contributed by atoms with Crippen LogP contribution < -0.4 is 5.32 Å². The quantitative estimate of drug-likeness (QED) is 0.755. The molecule has 2 amide bonds. The molecule has 7 nitrogen and oxygen atoms in total. The third-order valence-corrected chi connectivity index (χ3v) is 4.76. The van der Waals surface area contributed by atoms with Crippen LogP contribution in [0, 0.1) is 0 Å². The minimum atomic E-state index is -0.792. The number of nitrogens with zero attached hydrogens (tertiary/aromatic N) is 1. The van der Waals surface area contributed by atoms with Crippen molar-refractivity contribution < 1.29 is 23.9 Å². The topological polar surface area (TPSA) is 84.9 Å². The van der Waals surface area contributed by atoms with Crippen LogP contribution in [0.4, 0.5) is 4.79 Å². The summed E-state index contributed by atoms with van der Waals surface area (Å²) >= 11 is 0. The molecule has 2 atom stereocenters. The van der Waals surface area contributed by atoms with Crippen molar-refractivity contribution in [2.45, 2.75) is 64.6 Å². The van der Waals surface area contributed by atoms with E-state index in [0.717, 1.165) is 31.2 Å². The molecule has 154 valence electrons. The summed E-state index contributed by atoms with van der Waals surface area (Å²) in [5, 5.41) is 2.57. The highest BCUT2D eigenvalue weighted by Crippen LogP contribution is 2.19. The summed E-state index contributed by atoms with van der Waals surface area (Å²) in [6.07, 6.45) is 3.67. The summed E-state index contributed by atoms with van der Waals surface area (Å²) in [5.74, 6) is -0.673. The second-order valence-electron chi connectivity index (χ2n) is 6.93. The molecule has 0 spiro atoms. The molecule has 1 aromatic carbocycles. The van der Waals surface area contributed by atoms with Crippen molar-refractivity contribution in [2.75, 3.05) is 13.2 Å². The van der Waals surface area contributed by atoms with Crippen molar-refractivity contribution in [3.8, 4) is 0 Å². The fourth-order valence-electron chi connectivity index (χ4n) is 3.28. The summed E-state index contributed by atoms with van der Waals surface area (Å²) < 4.78 is 10.3. The number of esters is 1. The Hall–Kier alpha value is -2.57. The number of alkyl carbamates (subject to hydrolysis) is 1. The minimum absolute atomic E-state index is 0.128. The summed E-state index contributed by atoms with van der Waals surface area (Å²) in [6, 6.07) is 7.92. The highest BCUT2D eigenvalue weighted by molar-refractivity contribution is 5.89. The van der Waals surface area contributed by atoms with Gasteiger partial charge < -0.3 is 19.7 Å². The number of rotatable bonds is 6. The Bertz CT molecular complexity index is 649. The van der Waals surface area contributed by atoms with Crippen molar-refractivity contribution in [1.29, 1.82) is 0 Å². The molecule has 28 heavy (non-hydrogen) atoms. The standard InChI is InChI=1S/C21H30N2O5/c1-3-27-20(25)18-13-9-4-5-10-14-23(18)19(24)16(2)22-21(26)28-15-17-11-7-6-8-12-17/h6-8,11-12,16,18H,3-5,9-10,13-15H2,1-2H3,(H,22,26)/t16-,18?/m0/s1. The molecule has 0 saturated carbocycles. The Kier molecular flexibility index (Phi) is 8.78. The summed E-state index contributed by atoms with van der Waals surface area (Å²) in [5.41, 5.74) is 0.864. The zero-order chi connectivity index (χ0) is 20.4. The van der Waals surface area contributed by atoms with E-state index in [9.17, 15) is 14.4 Å². The Morgan fingerprint density at radius 3 is 2.54 bits per heavy atom. The van der Waals surface area contributed by atoms with Gasteiger partial charge in [-0.2, -0.15) is 0 Å². The predicted molar refractivity (Wildman–Crippen MR) is 104 cm³/mol. The normalized spacial score (nSPS) is 18.4. The van der Waals surface area contributed by atoms with Crippen molar-refractivity contribution in [3.63, 3.8) is 0 Å². The molecule has 1 aliphatic rings. The van der Waals surface area contributed by atoms with Crippen LogP contribution >= 0.6 is 0 Å². The second kappa shape index (κ2) is 11.3. The molecular formula is C21H30N2O5. The molecule has 0 aliphatic carbocycles. The van der Waals surface area contributed by atoms with Crippen LogP contribution in [0.1, 0.15) is 51.5 Å². The lowest BCUT2D eigenvalue weighted by molar-refractivity contribution is -0.156. The molecular weight excluding hydrogens is 360 g/mol. The lowest BCUT2D eigenvalue weighted by Gasteiger charge is -2.33. The highest BCUT2D eigenvalue weighted by atomic mass is 16.5. The molecule has 1 N–H and O–H groups in total. The minimum Gasteiger partial charge on any atom is -0.464 e. The number of carbonyl (C=O) groups is 3. The number of hydrogen-bond acceptors (Lipinski definition) is 5. The van der Waals surface area contributed by atoms with Gasteiger partial charge in [0, 0.05) is 6.54 Å². The molecule has 1 saturated heterocycles. The molecule has 1 heterocycles. The third kappa shape index (κ3) is 6.55. The van der Waals surface area contributed by atoms with Crippen LogP contribution in [0.2, 0.25) is 0 Å². The molecule has 0 aromatic heterocycles. The summed E-state index contributed by atoms with van der Waals surface area (Å²) in [4.78, 5) is 38.9. The lowest BCUT2D eigenvalue weighted by atomic mass is 10.0. The number of likely N-dealkylation sites (tertiary alicyclic amines) is 1. The van der Waals surface area contributed by atoms with Crippen molar-refractivity contribution in [2.24, 2.45) is 0 Å². The SMILES string of the molecule is CCOC(=O)C1CCCCCCN1C(=O)[C@H](C)NC(=O)OCc1ccccc1. The number of amides is 2. The van der Waals surface area contributed by atoms with E-state index in [1.807, 2.05) is 30.3 Å². The fourth-order valence-corrected chi connectivity index (χ4v) is 3.28. The van der Waals surface area contributed by atoms with Crippen molar-refractivity contribution in [1.82, 2.24) is 10.2 Å². The Labute approximate surface area is 166 Å². The average Bonchev–Trinajstić information content (AvgIpc) is 2.67. The highest BCUT2D eigenvalue weighted by Gasteiger charge is 2.34. The predicted octanol–water partition coefficient (Wildman–Crippen LogP) is 3.03. The fraction of sp³-hybridized carbons (Fsp3) is 0.571. The number of carbonyl (C=O) groups excluding carboxylic acids is 3. The molecule has 0 radical (unpaired) electrons. The monoisotopic (exact) mass is 390 g/mol. The van der Waals surface area contributed by atoms with Gasteiger partial charge in [-0.05, 0) is 32.3 Å². The number of benzene rings is 1. The first kappa shape index (κ1) is 21.7. The molecule has 1 unspecified atom stereocenters. The van der Waals surface area contributed by atoms with E-state index in [1.165, 1.54) is 0 Å².